The highest BCUT2D eigenvalue weighted by Crippen LogP contribution is 2.28. The molecule has 3 atom stereocenters. The number of thioether (sulfide) groups is 1. The highest BCUT2D eigenvalue weighted by atomic mass is 32.2. The van der Waals surface area contributed by atoms with Gasteiger partial charge in [-0.15, -0.1) is 11.8 Å². The standard InChI is InChI=1S/C32H45N3O4S2/c1-37-21-28(38-2)20-35-23-41-22-30(35)31(36)34-29(18-15-24-9-5-3-6-10-24)32(40)33-19-25-13-16-27(17-14-25)39-26-11-7-4-8-12-26/h4,7-8,11-14,16-17,24,28-30H,3,5-6,9-10,15,18-23H2,1-2H3,(H,33,40)(H,34,36)/t28?,29-,30+/m1/s1. The second-order valence-electron chi connectivity index (χ2n) is 11.0. The Morgan fingerprint density at radius 2 is 1.78 bits per heavy atom. The van der Waals surface area contributed by atoms with E-state index in [-0.39, 0.29) is 24.1 Å². The van der Waals surface area contributed by atoms with Gasteiger partial charge >= 0.3 is 0 Å². The van der Waals surface area contributed by atoms with Crippen LogP contribution >= 0.6 is 24.0 Å². The van der Waals surface area contributed by atoms with Crippen LogP contribution in [0.5, 0.6) is 11.5 Å². The van der Waals surface area contributed by atoms with Crippen LogP contribution < -0.4 is 15.4 Å². The molecular formula is C32H45N3O4S2. The van der Waals surface area contributed by atoms with Crippen LogP contribution in [0.1, 0.15) is 50.5 Å². The fraction of sp³-hybridized carbons (Fsp3) is 0.562. The predicted octanol–water partition coefficient (Wildman–Crippen LogP) is 5.78. The fourth-order valence-corrected chi connectivity index (χ4v) is 7.03. The minimum Gasteiger partial charge on any atom is -0.457 e. The van der Waals surface area contributed by atoms with Gasteiger partial charge in [-0.05, 0) is 48.6 Å². The summed E-state index contributed by atoms with van der Waals surface area (Å²) in [6, 6.07) is 17.4. The van der Waals surface area contributed by atoms with Gasteiger partial charge < -0.3 is 24.8 Å². The second-order valence-corrected chi connectivity index (χ2v) is 12.5. The molecule has 41 heavy (non-hydrogen) atoms. The van der Waals surface area contributed by atoms with Gasteiger partial charge in [-0.25, -0.2) is 0 Å². The molecule has 9 heteroatoms. The molecule has 0 bridgehead atoms. The number of amides is 1. The highest BCUT2D eigenvalue weighted by Gasteiger charge is 2.34. The summed E-state index contributed by atoms with van der Waals surface area (Å²) >= 11 is 7.67. The van der Waals surface area contributed by atoms with Crippen molar-refractivity contribution in [2.45, 2.75) is 69.7 Å². The molecule has 1 saturated heterocycles. The van der Waals surface area contributed by atoms with Crippen molar-refractivity contribution in [3.63, 3.8) is 0 Å². The number of methoxy groups -OCH3 is 2. The molecule has 224 valence electrons. The van der Waals surface area contributed by atoms with E-state index in [1.807, 2.05) is 54.6 Å². The first-order chi connectivity index (χ1) is 20.1. The smallest absolute Gasteiger partial charge is 0.238 e. The van der Waals surface area contributed by atoms with Gasteiger partial charge in [0, 0.05) is 38.9 Å². The molecular weight excluding hydrogens is 555 g/mol. The second kappa shape index (κ2) is 17.1. The molecule has 1 unspecified atom stereocenters. The van der Waals surface area contributed by atoms with Crippen molar-refractivity contribution >= 4 is 34.9 Å². The summed E-state index contributed by atoms with van der Waals surface area (Å²) < 4.78 is 16.8. The molecule has 7 nitrogen and oxygen atoms in total. The van der Waals surface area contributed by atoms with E-state index < -0.39 is 0 Å². The molecule has 4 rings (SSSR count). The molecule has 1 aliphatic heterocycles. The predicted molar refractivity (Wildman–Crippen MR) is 171 cm³/mol. The van der Waals surface area contributed by atoms with Crippen molar-refractivity contribution in [1.29, 1.82) is 0 Å². The van der Waals surface area contributed by atoms with Gasteiger partial charge in [0.05, 0.1) is 29.8 Å². The normalized spacial score (nSPS) is 19.4. The molecule has 1 heterocycles. The third kappa shape index (κ3) is 10.3. The number of carbonyl (C=O) groups is 1. The number of hydrogen-bond acceptors (Lipinski definition) is 7. The molecule has 0 radical (unpaired) electrons. The van der Waals surface area contributed by atoms with Gasteiger partial charge in [-0.3, -0.25) is 9.69 Å². The summed E-state index contributed by atoms with van der Waals surface area (Å²) in [5, 5.41) is 6.78. The number of hydrogen-bond donors (Lipinski definition) is 2. The number of para-hydroxylation sites is 1. The van der Waals surface area contributed by atoms with Crippen molar-refractivity contribution < 1.29 is 19.0 Å². The lowest BCUT2D eigenvalue weighted by molar-refractivity contribution is -0.126. The van der Waals surface area contributed by atoms with Gasteiger partial charge in [0.1, 0.15) is 11.5 Å². The van der Waals surface area contributed by atoms with Gasteiger partial charge in [0.15, 0.2) is 0 Å². The third-order valence-electron chi connectivity index (χ3n) is 7.99. The Labute approximate surface area is 255 Å². The Kier molecular flexibility index (Phi) is 13.2. The molecule has 2 fully saturated rings. The number of thiocarbonyl (C=S) groups is 1. The summed E-state index contributed by atoms with van der Waals surface area (Å²) in [4.78, 5) is 16.5. The lowest BCUT2D eigenvalue weighted by Gasteiger charge is -2.29. The molecule has 2 aromatic rings. The van der Waals surface area contributed by atoms with Crippen molar-refractivity contribution in [3.8, 4) is 11.5 Å². The van der Waals surface area contributed by atoms with Crippen LogP contribution in [0.2, 0.25) is 0 Å². The van der Waals surface area contributed by atoms with E-state index in [9.17, 15) is 4.79 Å². The Balaban J connectivity index is 1.34. The Bertz CT molecular complexity index is 1070. The average Bonchev–Trinajstić information content (AvgIpc) is 3.48. The minimum atomic E-state index is -0.202. The topological polar surface area (TPSA) is 72.1 Å². The molecule has 0 aromatic heterocycles. The molecule has 1 amide bonds. The zero-order valence-corrected chi connectivity index (χ0v) is 26.0. The molecule has 2 aromatic carbocycles. The maximum atomic E-state index is 13.6. The van der Waals surface area contributed by atoms with Crippen LogP contribution in [0, 0.1) is 5.92 Å². The van der Waals surface area contributed by atoms with Gasteiger partial charge in [-0.1, -0.05) is 74.7 Å². The van der Waals surface area contributed by atoms with Crippen LogP contribution in [0.4, 0.5) is 0 Å². The van der Waals surface area contributed by atoms with Crippen molar-refractivity contribution in [1.82, 2.24) is 15.5 Å². The lowest BCUT2D eigenvalue weighted by Crippen LogP contribution is -2.53. The number of nitrogens with one attached hydrogen (secondary N) is 2. The Morgan fingerprint density at radius 3 is 2.49 bits per heavy atom. The molecule has 1 aliphatic carbocycles. The molecule has 2 aliphatic rings. The maximum Gasteiger partial charge on any atom is 0.238 e. The summed E-state index contributed by atoms with van der Waals surface area (Å²) in [5.41, 5.74) is 1.10. The first kappa shape index (κ1) is 31.8. The number of nitrogens with zero attached hydrogens (tertiary/aromatic N) is 1. The van der Waals surface area contributed by atoms with Crippen LogP contribution in [0.25, 0.3) is 0 Å². The fourth-order valence-electron chi connectivity index (χ4n) is 5.57. The SMILES string of the molecule is COCC(CN1CSC[C@H]1C(=O)N[C@H](CCC1CCCCC1)C(=S)NCc1ccc(Oc2ccccc2)cc1)OC. The Morgan fingerprint density at radius 1 is 1.05 bits per heavy atom. The summed E-state index contributed by atoms with van der Waals surface area (Å²) in [6.07, 6.45) is 8.40. The monoisotopic (exact) mass is 599 g/mol. The Hall–Kier alpha value is -2.17. The van der Waals surface area contributed by atoms with E-state index in [1.165, 1.54) is 32.1 Å². The third-order valence-corrected chi connectivity index (χ3v) is 9.49. The van der Waals surface area contributed by atoms with Crippen molar-refractivity contribution in [3.05, 3.63) is 60.2 Å². The number of carbonyl (C=O) groups excluding carboxylic acids is 1. The van der Waals surface area contributed by atoms with E-state index in [2.05, 4.69) is 15.5 Å². The van der Waals surface area contributed by atoms with Crippen LogP contribution in [0.15, 0.2) is 54.6 Å². The minimum absolute atomic E-state index is 0.0440. The van der Waals surface area contributed by atoms with Crippen molar-refractivity contribution in [2.24, 2.45) is 5.92 Å². The summed E-state index contributed by atoms with van der Waals surface area (Å²) in [7, 11) is 3.36. The molecule has 0 spiro atoms. The largest absolute Gasteiger partial charge is 0.457 e. The van der Waals surface area contributed by atoms with Crippen LogP contribution in [-0.4, -0.2) is 73.0 Å². The van der Waals surface area contributed by atoms with Gasteiger partial charge in [-0.2, -0.15) is 0 Å². The average molecular weight is 600 g/mol. The van der Waals surface area contributed by atoms with Crippen LogP contribution in [-0.2, 0) is 20.8 Å². The first-order valence-electron chi connectivity index (χ1n) is 14.8. The zero-order chi connectivity index (χ0) is 28.9. The van der Waals surface area contributed by atoms with E-state index in [4.69, 9.17) is 26.4 Å². The lowest BCUT2D eigenvalue weighted by atomic mass is 9.85. The maximum absolute atomic E-state index is 13.6. The summed E-state index contributed by atoms with van der Waals surface area (Å²) in [5.74, 6) is 3.94. The van der Waals surface area contributed by atoms with E-state index in [0.29, 0.717) is 24.7 Å². The van der Waals surface area contributed by atoms with Crippen LogP contribution in [0.3, 0.4) is 0 Å². The summed E-state index contributed by atoms with van der Waals surface area (Å²) in [6.45, 7) is 1.76. The quantitative estimate of drug-likeness (QED) is 0.250. The van der Waals surface area contributed by atoms with Crippen molar-refractivity contribution in [2.75, 3.05) is 39.0 Å². The van der Waals surface area contributed by atoms with E-state index in [0.717, 1.165) is 47.5 Å². The molecule has 2 N–H and O–H groups in total. The van der Waals surface area contributed by atoms with E-state index >= 15 is 0 Å². The number of benzene rings is 2. The molecule has 1 saturated carbocycles. The number of ether oxygens (including phenoxy) is 3. The van der Waals surface area contributed by atoms with Gasteiger partial charge in [0.2, 0.25) is 5.91 Å². The number of rotatable bonds is 15. The van der Waals surface area contributed by atoms with Gasteiger partial charge in [0.25, 0.3) is 0 Å². The highest BCUT2D eigenvalue weighted by molar-refractivity contribution is 7.99. The zero-order valence-electron chi connectivity index (χ0n) is 24.4. The van der Waals surface area contributed by atoms with E-state index in [1.54, 1.807) is 26.0 Å². The first-order valence-corrected chi connectivity index (χ1v) is 16.4.